The minimum atomic E-state index is -4.47. The molecule has 1 atom stereocenters. The van der Waals surface area contributed by atoms with E-state index in [0.717, 1.165) is 19.3 Å². The topological polar surface area (TPSA) is 76.0 Å². The van der Waals surface area contributed by atoms with Gasteiger partial charge in [0.2, 0.25) is 0 Å². The molecular weight excluding hydrogens is 363 g/mol. The number of rotatable bonds is 17. The van der Waals surface area contributed by atoms with Crippen LogP contribution in [0, 0.1) is 0 Å². The molecule has 156 valence electrons. The molecule has 0 saturated carbocycles. The maximum Gasteiger partial charge on any atom is 0.469 e. The van der Waals surface area contributed by atoms with Crippen molar-refractivity contribution in [3.05, 3.63) is 30.3 Å². The van der Waals surface area contributed by atoms with Crippen molar-refractivity contribution in [2.45, 2.75) is 90.1 Å². The molecule has 0 aliphatic heterocycles. The Kier molecular flexibility index (Phi) is 13.5. The summed E-state index contributed by atoms with van der Waals surface area (Å²) in [6.07, 6.45) is 14.3. The summed E-state index contributed by atoms with van der Waals surface area (Å²) in [6, 6.07) is 9.32. The highest BCUT2D eigenvalue weighted by molar-refractivity contribution is 7.46. The Balaban J connectivity index is 2.16. The normalized spacial score (nSPS) is 12.9. The molecular formula is C21H37O5P. The third kappa shape index (κ3) is 14.8. The molecule has 1 aromatic carbocycles. The van der Waals surface area contributed by atoms with Crippen molar-refractivity contribution < 1.29 is 23.6 Å². The number of para-hydroxylation sites is 1. The fourth-order valence-electron chi connectivity index (χ4n) is 3.08. The lowest BCUT2D eigenvalue weighted by molar-refractivity contribution is 0.0941. The second kappa shape index (κ2) is 15.1. The van der Waals surface area contributed by atoms with Crippen LogP contribution in [0.2, 0.25) is 0 Å². The van der Waals surface area contributed by atoms with Gasteiger partial charge in [-0.05, 0) is 25.0 Å². The Morgan fingerprint density at radius 1 is 0.852 bits per heavy atom. The highest BCUT2D eigenvalue weighted by Gasteiger charge is 2.19. The van der Waals surface area contributed by atoms with Crippen LogP contribution in [0.3, 0.4) is 0 Å². The predicted molar refractivity (Wildman–Crippen MR) is 110 cm³/mol. The van der Waals surface area contributed by atoms with Crippen LogP contribution in [0.15, 0.2) is 30.3 Å². The Hall–Kier alpha value is -0.870. The van der Waals surface area contributed by atoms with E-state index in [1.54, 1.807) is 0 Å². The second-order valence-electron chi connectivity index (χ2n) is 7.16. The van der Waals surface area contributed by atoms with E-state index in [1.807, 2.05) is 30.3 Å². The van der Waals surface area contributed by atoms with Crippen LogP contribution in [0.5, 0.6) is 5.75 Å². The number of unbranched alkanes of at least 4 members (excludes halogenated alkanes) is 10. The van der Waals surface area contributed by atoms with Crippen molar-refractivity contribution in [1.29, 1.82) is 0 Å². The van der Waals surface area contributed by atoms with Crippen molar-refractivity contribution in [3.63, 3.8) is 0 Å². The Bertz CT molecular complexity index is 503. The monoisotopic (exact) mass is 400 g/mol. The summed E-state index contributed by atoms with van der Waals surface area (Å²) in [5.41, 5.74) is 0. The second-order valence-corrected chi connectivity index (χ2v) is 8.40. The average molecular weight is 400 g/mol. The third-order valence-electron chi connectivity index (χ3n) is 4.60. The molecule has 0 saturated heterocycles. The zero-order valence-electron chi connectivity index (χ0n) is 16.7. The zero-order chi connectivity index (χ0) is 19.8. The molecule has 0 aliphatic carbocycles. The first kappa shape index (κ1) is 24.2. The number of phosphoric ester groups is 1. The van der Waals surface area contributed by atoms with Gasteiger partial charge in [-0.1, -0.05) is 89.3 Å². The van der Waals surface area contributed by atoms with Gasteiger partial charge in [0, 0.05) is 0 Å². The molecule has 6 heteroatoms. The summed E-state index contributed by atoms with van der Waals surface area (Å²) in [7, 11) is -4.47. The van der Waals surface area contributed by atoms with Crippen LogP contribution in [-0.2, 0) is 9.09 Å². The number of hydrogen-bond acceptors (Lipinski definition) is 3. The molecule has 1 rings (SSSR count). The molecule has 0 bridgehead atoms. The van der Waals surface area contributed by atoms with E-state index in [1.165, 1.54) is 57.8 Å². The van der Waals surface area contributed by atoms with Gasteiger partial charge in [-0.3, -0.25) is 4.52 Å². The molecule has 0 spiro atoms. The highest BCUT2D eigenvalue weighted by atomic mass is 31.2. The van der Waals surface area contributed by atoms with Crippen molar-refractivity contribution in [1.82, 2.24) is 0 Å². The first-order chi connectivity index (χ1) is 13.0. The van der Waals surface area contributed by atoms with Gasteiger partial charge in [0.15, 0.2) is 0 Å². The molecule has 0 fully saturated rings. The maximum absolute atomic E-state index is 11.0. The summed E-state index contributed by atoms with van der Waals surface area (Å²) in [6.45, 7) is 2.14. The van der Waals surface area contributed by atoms with E-state index in [-0.39, 0.29) is 12.7 Å². The molecule has 5 nitrogen and oxygen atoms in total. The first-order valence-corrected chi connectivity index (χ1v) is 12.0. The third-order valence-corrected chi connectivity index (χ3v) is 5.09. The van der Waals surface area contributed by atoms with Gasteiger partial charge in [-0.25, -0.2) is 4.57 Å². The lowest BCUT2D eigenvalue weighted by atomic mass is 10.0. The standard InChI is InChI=1S/C21H37O5P/c1-2-3-4-5-6-7-8-9-10-11-13-18-21(19-25-27(22,23)24)26-20-16-14-12-15-17-20/h12,14-17,21H,2-11,13,18-19H2,1H3,(H2,22,23,24). The SMILES string of the molecule is CCCCCCCCCCCCCC(COP(=O)(O)O)Oc1ccccc1. The van der Waals surface area contributed by atoms with E-state index in [9.17, 15) is 4.57 Å². The van der Waals surface area contributed by atoms with Crippen molar-refractivity contribution in [3.8, 4) is 5.75 Å². The number of phosphoric acid groups is 1. The van der Waals surface area contributed by atoms with Crippen LogP contribution < -0.4 is 4.74 Å². The van der Waals surface area contributed by atoms with Gasteiger partial charge in [-0.2, -0.15) is 0 Å². The zero-order valence-corrected chi connectivity index (χ0v) is 17.6. The fraction of sp³-hybridized carbons (Fsp3) is 0.714. The fourth-order valence-corrected chi connectivity index (χ4v) is 3.44. The molecule has 0 amide bonds. The van der Waals surface area contributed by atoms with E-state index >= 15 is 0 Å². The van der Waals surface area contributed by atoms with Crippen molar-refractivity contribution in [2.24, 2.45) is 0 Å². The summed E-state index contributed by atoms with van der Waals surface area (Å²) in [5, 5.41) is 0. The molecule has 1 aromatic rings. The van der Waals surface area contributed by atoms with Gasteiger partial charge in [0.25, 0.3) is 0 Å². The molecule has 0 aliphatic rings. The lowest BCUT2D eigenvalue weighted by Gasteiger charge is -2.19. The quantitative estimate of drug-likeness (QED) is 0.239. The van der Waals surface area contributed by atoms with E-state index in [0.29, 0.717) is 5.75 Å². The molecule has 0 aromatic heterocycles. The lowest BCUT2D eigenvalue weighted by Crippen LogP contribution is -2.22. The van der Waals surface area contributed by atoms with E-state index in [4.69, 9.17) is 14.5 Å². The summed E-state index contributed by atoms with van der Waals surface area (Å²) < 4.78 is 21.5. The Morgan fingerprint density at radius 2 is 1.37 bits per heavy atom. The van der Waals surface area contributed by atoms with Gasteiger partial charge in [0.1, 0.15) is 11.9 Å². The minimum Gasteiger partial charge on any atom is -0.488 e. The van der Waals surface area contributed by atoms with Crippen LogP contribution in [0.4, 0.5) is 0 Å². The van der Waals surface area contributed by atoms with Crippen LogP contribution in [-0.4, -0.2) is 22.5 Å². The van der Waals surface area contributed by atoms with Crippen LogP contribution in [0.25, 0.3) is 0 Å². The molecule has 0 heterocycles. The number of hydrogen-bond donors (Lipinski definition) is 2. The summed E-state index contributed by atoms with van der Waals surface area (Å²) in [4.78, 5) is 17.9. The van der Waals surface area contributed by atoms with Crippen molar-refractivity contribution >= 4 is 7.82 Å². The van der Waals surface area contributed by atoms with E-state index < -0.39 is 7.82 Å². The first-order valence-electron chi connectivity index (χ1n) is 10.4. The molecule has 1 unspecified atom stereocenters. The van der Waals surface area contributed by atoms with Gasteiger partial charge in [0.05, 0.1) is 6.61 Å². The smallest absolute Gasteiger partial charge is 0.469 e. The molecule has 0 radical (unpaired) electrons. The van der Waals surface area contributed by atoms with Crippen molar-refractivity contribution in [2.75, 3.05) is 6.61 Å². The minimum absolute atomic E-state index is 0.100. The summed E-state index contributed by atoms with van der Waals surface area (Å²) in [5.74, 6) is 0.694. The highest BCUT2D eigenvalue weighted by Crippen LogP contribution is 2.36. The Labute approximate surface area is 164 Å². The molecule has 2 N–H and O–H groups in total. The summed E-state index contributed by atoms with van der Waals surface area (Å²) >= 11 is 0. The average Bonchev–Trinajstić information content (AvgIpc) is 2.64. The predicted octanol–water partition coefficient (Wildman–Crippen LogP) is 6.24. The Morgan fingerprint density at radius 3 is 1.89 bits per heavy atom. The van der Waals surface area contributed by atoms with E-state index in [2.05, 4.69) is 11.4 Å². The van der Waals surface area contributed by atoms with Gasteiger partial charge in [-0.15, -0.1) is 0 Å². The molecule has 27 heavy (non-hydrogen) atoms. The number of benzene rings is 1. The largest absolute Gasteiger partial charge is 0.488 e. The maximum atomic E-state index is 11.0. The van der Waals surface area contributed by atoms with Crippen LogP contribution >= 0.6 is 7.82 Å². The number of ether oxygens (including phenoxy) is 1. The van der Waals surface area contributed by atoms with Gasteiger partial charge >= 0.3 is 7.82 Å². The van der Waals surface area contributed by atoms with Gasteiger partial charge < -0.3 is 14.5 Å². The van der Waals surface area contributed by atoms with Crippen LogP contribution in [0.1, 0.15) is 84.0 Å².